The maximum Gasteiger partial charge on any atom is 0.235 e. The van der Waals surface area contributed by atoms with Gasteiger partial charge in [0, 0.05) is 25.3 Å². The summed E-state index contributed by atoms with van der Waals surface area (Å²) in [6.07, 6.45) is 0.752. The second-order valence-corrected chi connectivity index (χ2v) is 7.79. The van der Waals surface area contributed by atoms with Crippen molar-refractivity contribution in [3.63, 3.8) is 0 Å². The zero-order valence-corrected chi connectivity index (χ0v) is 17.3. The number of carbonyl (C=O) groups excluding carboxylic acids is 2. The summed E-state index contributed by atoms with van der Waals surface area (Å²) < 4.78 is 12.8. The number of nitrogens with two attached hydrogens (primary N) is 1. The van der Waals surface area contributed by atoms with Crippen molar-refractivity contribution in [2.45, 2.75) is 38.5 Å². The average molecular weight is 406 g/mol. The van der Waals surface area contributed by atoms with Crippen LogP contribution in [0.25, 0.3) is 0 Å². The first-order chi connectivity index (χ1) is 11.7. The first kappa shape index (κ1) is 24.7. The summed E-state index contributed by atoms with van der Waals surface area (Å²) in [6, 6.07) is 5.63. The van der Waals surface area contributed by atoms with Crippen LogP contribution in [0.1, 0.15) is 27.2 Å². The van der Waals surface area contributed by atoms with E-state index in [9.17, 15) is 14.0 Å². The molecule has 0 aliphatic carbocycles. The first-order valence-corrected chi connectivity index (χ1v) is 9.43. The summed E-state index contributed by atoms with van der Waals surface area (Å²) in [5.41, 5.74) is 6.54. The van der Waals surface area contributed by atoms with E-state index < -0.39 is 0 Å². The number of hydrogen-bond donors (Lipinski definition) is 2. The van der Waals surface area contributed by atoms with Crippen molar-refractivity contribution < 1.29 is 14.0 Å². The van der Waals surface area contributed by atoms with Crippen LogP contribution in [-0.4, -0.2) is 47.4 Å². The molecule has 0 aromatic heterocycles. The van der Waals surface area contributed by atoms with Crippen LogP contribution in [-0.2, 0) is 9.59 Å². The number of rotatable bonds is 9. The number of nitrogens with one attached hydrogen (secondary N) is 1. The van der Waals surface area contributed by atoms with Gasteiger partial charge in [0.25, 0.3) is 0 Å². The van der Waals surface area contributed by atoms with Gasteiger partial charge in [0.05, 0.1) is 11.0 Å². The molecule has 3 N–H and O–H groups in total. The van der Waals surface area contributed by atoms with E-state index in [1.165, 1.54) is 36.0 Å². The van der Waals surface area contributed by atoms with E-state index in [4.69, 9.17) is 5.73 Å². The Kier molecular flexibility index (Phi) is 11.5. The van der Waals surface area contributed by atoms with E-state index in [1.807, 2.05) is 0 Å². The maximum absolute atomic E-state index is 12.8. The third-order valence-corrected chi connectivity index (χ3v) is 5.10. The highest BCUT2D eigenvalue weighted by atomic mass is 35.5. The second-order valence-electron chi connectivity index (χ2n) is 6.46. The molecular weight excluding hydrogens is 377 g/mol. The number of hydrogen-bond acceptors (Lipinski definition) is 4. The molecule has 0 aliphatic heterocycles. The molecule has 0 radical (unpaired) electrons. The van der Waals surface area contributed by atoms with E-state index >= 15 is 0 Å². The SMILES string of the molecule is CC(SCC(=O)Nc1ccc(F)cc1)C(=O)N(C)CCC(N)C(C)C.Cl. The molecule has 0 heterocycles. The van der Waals surface area contributed by atoms with Crippen LogP contribution in [0.4, 0.5) is 10.1 Å². The van der Waals surface area contributed by atoms with Gasteiger partial charge in [-0.15, -0.1) is 24.2 Å². The fourth-order valence-electron chi connectivity index (χ4n) is 2.10. The summed E-state index contributed by atoms with van der Waals surface area (Å²) in [6.45, 7) is 6.51. The summed E-state index contributed by atoms with van der Waals surface area (Å²) >= 11 is 1.28. The molecule has 5 nitrogen and oxygen atoms in total. The maximum atomic E-state index is 12.8. The minimum atomic E-state index is -0.355. The average Bonchev–Trinajstić information content (AvgIpc) is 2.58. The Morgan fingerprint density at radius 3 is 2.35 bits per heavy atom. The molecule has 2 amide bonds. The molecule has 0 saturated carbocycles. The van der Waals surface area contributed by atoms with Crippen LogP contribution in [0.15, 0.2) is 24.3 Å². The molecule has 1 aromatic rings. The molecule has 1 aromatic carbocycles. The fraction of sp³-hybridized carbons (Fsp3) is 0.556. The van der Waals surface area contributed by atoms with E-state index in [0.29, 0.717) is 18.2 Å². The smallest absolute Gasteiger partial charge is 0.235 e. The van der Waals surface area contributed by atoms with Gasteiger partial charge < -0.3 is 16.0 Å². The Bertz CT molecular complexity index is 572. The van der Waals surface area contributed by atoms with E-state index in [-0.39, 0.29) is 47.1 Å². The van der Waals surface area contributed by atoms with E-state index in [2.05, 4.69) is 19.2 Å². The third kappa shape index (κ3) is 8.87. The molecule has 0 saturated heterocycles. The summed E-state index contributed by atoms with van der Waals surface area (Å²) in [5.74, 6) is -0.0579. The molecule has 1 rings (SSSR count). The Labute approximate surface area is 165 Å². The minimum Gasteiger partial charge on any atom is -0.345 e. The van der Waals surface area contributed by atoms with Gasteiger partial charge >= 0.3 is 0 Å². The summed E-state index contributed by atoms with van der Waals surface area (Å²) in [7, 11) is 1.75. The molecule has 2 unspecified atom stereocenters. The highest BCUT2D eigenvalue weighted by molar-refractivity contribution is 8.01. The van der Waals surface area contributed by atoms with Gasteiger partial charge in [0.2, 0.25) is 11.8 Å². The molecule has 0 spiro atoms. The van der Waals surface area contributed by atoms with Crippen LogP contribution in [0.3, 0.4) is 0 Å². The molecule has 0 fully saturated rings. The summed E-state index contributed by atoms with van der Waals surface area (Å²) in [5, 5.41) is 2.36. The number of halogens is 2. The molecule has 26 heavy (non-hydrogen) atoms. The molecule has 148 valence electrons. The van der Waals surface area contributed by atoms with Gasteiger partial charge in [-0.3, -0.25) is 9.59 Å². The standard InChI is InChI=1S/C18H28FN3O2S.ClH/c1-12(2)16(20)9-10-22(4)18(24)13(3)25-11-17(23)21-15-7-5-14(19)6-8-15;/h5-8,12-13,16H,9-11,20H2,1-4H3,(H,21,23);1H. The number of anilines is 1. The minimum absolute atomic E-state index is 0. The zero-order valence-electron chi connectivity index (χ0n) is 15.7. The Balaban J connectivity index is 0.00000625. The van der Waals surface area contributed by atoms with Crippen LogP contribution >= 0.6 is 24.2 Å². The van der Waals surface area contributed by atoms with E-state index in [0.717, 1.165) is 6.42 Å². The number of benzene rings is 1. The van der Waals surface area contributed by atoms with Gasteiger partial charge in [-0.2, -0.15) is 0 Å². The fourth-order valence-corrected chi connectivity index (χ4v) is 2.89. The lowest BCUT2D eigenvalue weighted by Gasteiger charge is -2.24. The van der Waals surface area contributed by atoms with Gasteiger partial charge in [-0.05, 0) is 43.5 Å². The first-order valence-electron chi connectivity index (χ1n) is 8.38. The van der Waals surface area contributed by atoms with Crippen LogP contribution in [0, 0.1) is 11.7 Å². The van der Waals surface area contributed by atoms with E-state index in [1.54, 1.807) is 18.9 Å². The topological polar surface area (TPSA) is 75.4 Å². The largest absolute Gasteiger partial charge is 0.345 e. The second kappa shape index (κ2) is 12.1. The predicted octanol–water partition coefficient (Wildman–Crippen LogP) is 3.14. The van der Waals surface area contributed by atoms with Gasteiger partial charge in [-0.25, -0.2) is 4.39 Å². The Morgan fingerprint density at radius 2 is 1.81 bits per heavy atom. The monoisotopic (exact) mass is 405 g/mol. The van der Waals surface area contributed by atoms with Gasteiger partial charge in [0.15, 0.2) is 0 Å². The molecular formula is C18H29ClFN3O2S. The van der Waals surface area contributed by atoms with Crippen LogP contribution in [0.5, 0.6) is 0 Å². The molecule has 0 aliphatic rings. The number of nitrogens with zero attached hydrogens (tertiary/aromatic N) is 1. The Morgan fingerprint density at radius 1 is 1.23 bits per heavy atom. The number of carbonyl (C=O) groups is 2. The highest BCUT2D eigenvalue weighted by Crippen LogP contribution is 2.15. The Hall–Kier alpha value is -1.31. The lowest BCUT2D eigenvalue weighted by molar-refractivity contribution is -0.129. The van der Waals surface area contributed by atoms with Crippen molar-refractivity contribution in [1.29, 1.82) is 0 Å². The highest BCUT2D eigenvalue weighted by Gasteiger charge is 2.20. The van der Waals surface area contributed by atoms with Crippen LogP contribution in [0.2, 0.25) is 0 Å². The van der Waals surface area contributed by atoms with Crippen molar-refractivity contribution >= 4 is 41.7 Å². The van der Waals surface area contributed by atoms with Crippen molar-refractivity contribution in [2.75, 3.05) is 24.7 Å². The number of thioether (sulfide) groups is 1. The van der Waals surface area contributed by atoms with Gasteiger partial charge in [0.1, 0.15) is 5.82 Å². The quantitative estimate of drug-likeness (QED) is 0.661. The molecule has 8 heteroatoms. The zero-order chi connectivity index (χ0) is 19.0. The molecule has 2 atom stereocenters. The van der Waals surface area contributed by atoms with Crippen molar-refractivity contribution in [2.24, 2.45) is 11.7 Å². The van der Waals surface area contributed by atoms with Gasteiger partial charge in [-0.1, -0.05) is 13.8 Å². The third-order valence-electron chi connectivity index (χ3n) is 3.97. The van der Waals surface area contributed by atoms with Crippen LogP contribution < -0.4 is 11.1 Å². The van der Waals surface area contributed by atoms with Crippen molar-refractivity contribution in [3.05, 3.63) is 30.1 Å². The number of amides is 2. The lowest BCUT2D eigenvalue weighted by Crippen LogP contribution is -2.38. The predicted molar refractivity (Wildman–Crippen MR) is 109 cm³/mol. The van der Waals surface area contributed by atoms with Crippen molar-refractivity contribution in [3.8, 4) is 0 Å². The molecule has 0 bridgehead atoms. The normalized spacial score (nSPS) is 12.9. The van der Waals surface area contributed by atoms with Crippen molar-refractivity contribution in [1.82, 2.24) is 4.90 Å². The summed E-state index contributed by atoms with van der Waals surface area (Å²) in [4.78, 5) is 25.9. The lowest BCUT2D eigenvalue weighted by atomic mass is 10.0.